The predicted octanol–water partition coefficient (Wildman–Crippen LogP) is 3.31. The molecule has 0 bridgehead atoms. The smallest absolute Gasteiger partial charge is 0.239 e. The Morgan fingerprint density at radius 3 is 2.69 bits per heavy atom. The third kappa shape index (κ3) is 5.10. The SMILES string of the molecule is CCN(C(C)C)C(O)c1cc(F)ccc1Oc1cncnc1N1CC2(CCN(C(=O)[C@@H]3C[C@@H]4C[C@@H]4N3)CC2)C1. The van der Waals surface area contributed by atoms with Crippen molar-refractivity contribution in [3.8, 4) is 11.5 Å². The highest BCUT2D eigenvalue weighted by Crippen LogP contribution is 2.46. The van der Waals surface area contributed by atoms with Crippen LogP contribution in [0.2, 0.25) is 0 Å². The lowest BCUT2D eigenvalue weighted by atomic mass is 9.72. The highest BCUT2D eigenvalue weighted by molar-refractivity contribution is 5.82. The molecule has 1 aliphatic carbocycles. The molecule has 1 saturated carbocycles. The molecule has 0 radical (unpaired) electrons. The maximum absolute atomic E-state index is 14.2. The second-order valence-corrected chi connectivity index (χ2v) is 12.0. The number of fused-ring (bicyclic) bond motifs is 1. The van der Waals surface area contributed by atoms with Gasteiger partial charge in [-0.2, -0.15) is 0 Å². The van der Waals surface area contributed by atoms with Gasteiger partial charge in [0.2, 0.25) is 5.91 Å². The zero-order chi connectivity index (χ0) is 27.3. The summed E-state index contributed by atoms with van der Waals surface area (Å²) >= 11 is 0. The predicted molar refractivity (Wildman–Crippen MR) is 145 cm³/mol. The number of benzene rings is 1. The van der Waals surface area contributed by atoms with Crippen LogP contribution in [0, 0.1) is 17.2 Å². The number of aliphatic hydroxyl groups is 1. The van der Waals surface area contributed by atoms with Crippen LogP contribution in [-0.4, -0.2) is 81.6 Å². The van der Waals surface area contributed by atoms with Gasteiger partial charge in [-0.15, -0.1) is 0 Å². The summed E-state index contributed by atoms with van der Waals surface area (Å²) in [5.41, 5.74) is 0.534. The van der Waals surface area contributed by atoms with Gasteiger partial charge in [0.1, 0.15) is 24.1 Å². The highest BCUT2D eigenvalue weighted by Gasteiger charge is 2.51. The summed E-state index contributed by atoms with van der Waals surface area (Å²) in [4.78, 5) is 27.8. The number of carbonyl (C=O) groups excluding carboxylic acids is 1. The first-order chi connectivity index (χ1) is 18.8. The number of piperidine rings is 2. The number of carbonyl (C=O) groups is 1. The van der Waals surface area contributed by atoms with Crippen molar-refractivity contribution >= 4 is 11.7 Å². The molecule has 6 rings (SSSR count). The van der Waals surface area contributed by atoms with E-state index in [1.165, 1.54) is 24.9 Å². The number of ether oxygens (including phenoxy) is 1. The molecule has 39 heavy (non-hydrogen) atoms. The van der Waals surface area contributed by atoms with E-state index in [0.29, 0.717) is 35.5 Å². The summed E-state index contributed by atoms with van der Waals surface area (Å²) in [6.45, 7) is 9.81. The van der Waals surface area contributed by atoms with Crippen LogP contribution in [0.4, 0.5) is 10.2 Å². The first-order valence-electron chi connectivity index (χ1n) is 14.3. The summed E-state index contributed by atoms with van der Waals surface area (Å²) in [6.07, 6.45) is 6.29. The second kappa shape index (κ2) is 10.3. The average Bonchev–Trinajstić information content (AvgIpc) is 3.52. The lowest BCUT2D eigenvalue weighted by molar-refractivity contribution is -0.136. The van der Waals surface area contributed by atoms with Crippen LogP contribution in [0.5, 0.6) is 11.5 Å². The number of anilines is 1. The zero-order valence-electron chi connectivity index (χ0n) is 23.0. The molecule has 1 amide bonds. The molecule has 4 fully saturated rings. The Morgan fingerprint density at radius 1 is 1.26 bits per heavy atom. The zero-order valence-corrected chi connectivity index (χ0v) is 23.0. The van der Waals surface area contributed by atoms with Gasteiger partial charge in [-0.1, -0.05) is 6.92 Å². The summed E-state index contributed by atoms with van der Waals surface area (Å²) < 4.78 is 20.5. The number of rotatable bonds is 8. The quantitative estimate of drug-likeness (QED) is 0.495. The third-order valence-electron chi connectivity index (χ3n) is 9.13. The molecule has 10 heteroatoms. The number of hydrogen-bond donors (Lipinski definition) is 2. The van der Waals surface area contributed by atoms with Crippen molar-refractivity contribution < 1.29 is 19.0 Å². The minimum absolute atomic E-state index is 0.0150. The molecule has 210 valence electrons. The van der Waals surface area contributed by atoms with Crippen molar-refractivity contribution in [3.05, 3.63) is 42.1 Å². The number of hydrogen-bond acceptors (Lipinski definition) is 8. The van der Waals surface area contributed by atoms with Gasteiger partial charge >= 0.3 is 0 Å². The molecule has 3 aliphatic heterocycles. The molecule has 4 heterocycles. The number of nitrogens with one attached hydrogen (secondary N) is 1. The van der Waals surface area contributed by atoms with Gasteiger partial charge in [0, 0.05) is 49.2 Å². The monoisotopic (exact) mass is 538 g/mol. The molecule has 1 unspecified atom stereocenters. The van der Waals surface area contributed by atoms with E-state index >= 15 is 0 Å². The van der Waals surface area contributed by atoms with Crippen LogP contribution < -0.4 is 15.0 Å². The van der Waals surface area contributed by atoms with E-state index in [-0.39, 0.29) is 23.4 Å². The largest absolute Gasteiger partial charge is 0.451 e. The van der Waals surface area contributed by atoms with Gasteiger partial charge < -0.3 is 25.0 Å². The molecule has 2 N–H and O–H groups in total. The Bertz CT molecular complexity index is 1200. The molecule has 9 nitrogen and oxygen atoms in total. The molecule has 2 aromatic rings. The average molecular weight is 539 g/mol. The van der Waals surface area contributed by atoms with Gasteiger partial charge in [0.25, 0.3) is 0 Å². The Morgan fingerprint density at radius 2 is 2.03 bits per heavy atom. The maximum atomic E-state index is 14.2. The number of aliphatic hydroxyl groups excluding tert-OH is 1. The fraction of sp³-hybridized carbons (Fsp3) is 0.621. The normalized spacial score (nSPS) is 26.1. The number of halogens is 1. The maximum Gasteiger partial charge on any atom is 0.239 e. The Balaban J connectivity index is 1.12. The Labute approximate surface area is 229 Å². The summed E-state index contributed by atoms with van der Waals surface area (Å²) in [6, 6.07) is 4.86. The van der Waals surface area contributed by atoms with Crippen molar-refractivity contribution in [2.75, 3.05) is 37.6 Å². The minimum Gasteiger partial charge on any atom is -0.451 e. The van der Waals surface area contributed by atoms with Crippen LogP contribution in [-0.2, 0) is 4.79 Å². The van der Waals surface area contributed by atoms with Crippen LogP contribution in [0.3, 0.4) is 0 Å². The lowest BCUT2D eigenvalue weighted by Gasteiger charge is -2.54. The molecule has 1 aromatic carbocycles. The van der Waals surface area contributed by atoms with Crippen molar-refractivity contribution in [1.29, 1.82) is 0 Å². The molecule has 4 aliphatic rings. The van der Waals surface area contributed by atoms with E-state index in [0.717, 1.165) is 51.4 Å². The van der Waals surface area contributed by atoms with Gasteiger partial charge in [0.05, 0.1) is 12.2 Å². The van der Waals surface area contributed by atoms with Gasteiger partial charge in [-0.25, -0.2) is 14.4 Å². The number of likely N-dealkylation sites (tertiary alicyclic amines) is 1. The highest BCUT2D eigenvalue weighted by atomic mass is 19.1. The van der Waals surface area contributed by atoms with Crippen molar-refractivity contribution in [2.45, 2.75) is 70.8 Å². The van der Waals surface area contributed by atoms with Crippen LogP contribution in [0.15, 0.2) is 30.7 Å². The first-order valence-corrected chi connectivity index (χ1v) is 14.3. The van der Waals surface area contributed by atoms with Gasteiger partial charge in [0.15, 0.2) is 11.6 Å². The van der Waals surface area contributed by atoms with Crippen molar-refractivity contribution in [2.24, 2.45) is 11.3 Å². The standard InChI is InChI=1S/C29H39FN6O3/c1-4-36(18(2)3)27(37)21-13-20(30)5-6-24(21)39-25-14-31-17-32-26(25)35-15-29(16-35)7-9-34(10-8-29)28(38)23-12-19-11-22(19)33-23/h5-6,13-14,17-19,22-23,27,33,37H,4,7-12,15-16H2,1-3H3/t19-,22-,23-,27?/m0/s1. The fourth-order valence-electron chi connectivity index (χ4n) is 6.72. The molecule has 1 aromatic heterocycles. The number of amides is 1. The van der Waals surface area contributed by atoms with Crippen LogP contribution >= 0.6 is 0 Å². The van der Waals surface area contributed by atoms with Gasteiger partial charge in [-0.3, -0.25) is 9.69 Å². The molecular weight excluding hydrogens is 499 g/mol. The Kier molecular flexibility index (Phi) is 6.97. The molecular formula is C29H39FN6O3. The molecule has 4 atom stereocenters. The molecule has 3 saturated heterocycles. The summed E-state index contributed by atoms with van der Waals surface area (Å²) in [7, 11) is 0. The number of aromatic nitrogens is 2. The van der Waals surface area contributed by atoms with E-state index in [1.807, 2.05) is 30.6 Å². The second-order valence-electron chi connectivity index (χ2n) is 12.0. The van der Waals surface area contributed by atoms with Crippen LogP contribution in [0.25, 0.3) is 0 Å². The van der Waals surface area contributed by atoms with Crippen molar-refractivity contribution in [3.63, 3.8) is 0 Å². The first kappa shape index (κ1) is 26.4. The fourth-order valence-corrected chi connectivity index (χ4v) is 6.72. The third-order valence-corrected chi connectivity index (χ3v) is 9.13. The van der Waals surface area contributed by atoms with Crippen molar-refractivity contribution in [1.82, 2.24) is 25.1 Å². The van der Waals surface area contributed by atoms with Crippen LogP contribution in [0.1, 0.15) is 58.2 Å². The van der Waals surface area contributed by atoms with E-state index in [9.17, 15) is 14.3 Å². The minimum atomic E-state index is -1.01. The van der Waals surface area contributed by atoms with E-state index in [2.05, 4.69) is 20.2 Å². The lowest BCUT2D eigenvalue weighted by Crippen LogP contribution is -2.62. The van der Waals surface area contributed by atoms with Gasteiger partial charge in [-0.05, 0) is 70.2 Å². The van der Waals surface area contributed by atoms with E-state index < -0.39 is 12.0 Å². The van der Waals surface area contributed by atoms with E-state index in [4.69, 9.17) is 4.74 Å². The topological polar surface area (TPSA) is 94.1 Å². The number of nitrogens with zero attached hydrogens (tertiary/aromatic N) is 5. The summed E-state index contributed by atoms with van der Waals surface area (Å²) in [5.74, 6) is 2.09. The summed E-state index contributed by atoms with van der Waals surface area (Å²) in [5, 5.41) is 14.6. The Hall–Kier alpha value is -2.82. The molecule has 1 spiro atoms. The van der Waals surface area contributed by atoms with E-state index in [1.54, 1.807) is 12.3 Å².